The average molecular weight is 595 g/mol. The number of Topliss-reactive ketones (excluding diaryl/α,β-unsaturated/α-hetero) is 1. The van der Waals surface area contributed by atoms with Crippen molar-refractivity contribution in [3.63, 3.8) is 0 Å². The van der Waals surface area contributed by atoms with Crippen LogP contribution in [-0.2, 0) is 9.59 Å². The van der Waals surface area contributed by atoms with Crippen molar-refractivity contribution in [2.75, 3.05) is 11.5 Å². The second-order valence-corrected chi connectivity index (χ2v) is 12.2. The Balaban J connectivity index is 1.51. The van der Waals surface area contributed by atoms with Gasteiger partial charge in [-0.25, -0.2) is 9.97 Å². The number of carbonyl (C=O) groups excluding carboxylic acids is 2. The van der Waals surface area contributed by atoms with Crippen LogP contribution in [0.1, 0.15) is 65.9 Å². The SMILES string of the molecule is CCCCCOc1ccc(C2/C(=C(\O)c3nc4c(C)cccn4c3C)C(=O)C(=O)N2c2nc3c(C)cc(C)cc3s2)cc1. The van der Waals surface area contributed by atoms with Crippen LogP contribution < -0.4 is 9.64 Å². The zero-order chi connectivity index (χ0) is 30.4. The summed E-state index contributed by atoms with van der Waals surface area (Å²) < 4.78 is 8.72. The number of anilines is 1. The monoisotopic (exact) mass is 594 g/mol. The van der Waals surface area contributed by atoms with Crippen LogP contribution in [0, 0.1) is 27.7 Å². The highest BCUT2D eigenvalue weighted by Gasteiger charge is 2.48. The molecule has 0 spiro atoms. The molecule has 0 radical (unpaired) electrons. The number of ketones is 1. The number of aryl methyl sites for hydroxylation is 4. The number of hydrogen-bond donors (Lipinski definition) is 1. The maximum absolute atomic E-state index is 13.8. The fourth-order valence-electron chi connectivity index (χ4n) is 5.77. The number of benzene rings is 2. The van der Waals surface area contributed by atoms with E-state index < -0.39 is 17.7 Å². The third-order valence-corrected chi connectivity index (χ3v) is 8.99. The maximum Gasteiger partial charge on any atom is 0.301 e. The summed E-state index contributed by atoms with van der Waals surface area (Å²) >= 11 is 1.36. The van der Waals surface area contributed by atoms with E-state index in [0.717, 1.165) is 46.2 Å². The third-order valence-electron chi connectivity index (χ3n) is 7.99. The number of ether oxygens (including phenoxy) is 1. The summed E-state index contributed by atoms with van der Waals surface area (Å²) in [6.45, 7) is 10.5. The Labute approximate surface area is 254 Å². The summed E-state index contributed by atoms with van der Waals surface area (Å²) in [6.07, 6.45) is 5.03. The topological polar surface area (TPSA) is 97.0 Å². The smallest absolute Gasteiger partial charge is 0.301 e. The zero-order valence-electron chi connectivity index (χ0n) is 25.0. The van der Waals surface area contributed by atoms with Crippen molar-refractivity contribution < 1.29 is 19.4 Å². The highest BCUT2D eigenvalue weighted by molar-refractivity contribution is 7.22. The summed E-state index contributed by atoms with van der Waals surface area (Å²) in [5.41, 5.74) is 6.05. The Morgan fingerprint density at radius 1 is 1.00 bits per heavy atom. The lowest BCUT2D eigenvalue weighted by Crippen LogP contribution is -2.29. The van der Waals surface area contributed by atoms with Gasteiger partial charge in [0.2, 0.25) is 0 Å². The second kappa shape index (κ2) is 11.3. The molecule has 1 N–H and O–H groups in total. The lowest BCUT2D eigenvalue weighted by Gasteiger charge is -2.23. The molecule has 6 rings (SSSR count). The van der Waals surface area contributed by atoms with E-state index in [0.29, 0.717) is 34.4 Å². The third kappa shape index (κ3) is 4.97. The highest BCUT2D eigenvalue weighted by atomic mass is 32.1. The Morgan fingerprint density at radius 3 is 2.49 bits per heavy atom. The Kier molecular flexibility index (Phi) is 7.52. The van der Waals surface area contributed by atoms with E-state index in [2.05, 4.69) is 6.92 Å². The first-order valence-corrected chi connectivity index (χ1v) is 15.4. The maximum atomic E-state index is 13.8. The van der Waals surface area contributed by atoms with Crippen LogP contribution in [0.15, 0.2) is 60.3 Å². The largest absolute Gasteiger partial charge is 0.505 e. The molecule has 9 heteroatoms. The van der Waals surface area contributed by atoms with Gasteiger partial charge in [-0.1, -0.05) is 55.4 Å². The van der Waals surface area contributed by atoms with E-state index in [1.807, 2.05) is 86.8 Å². The minimum Gasteiger partial charge on any atom is -0.505 e. The van der Waals surface area contributed by atoms with E-state index in [4.69, 9.17) is 14.7 Å². The summed E-state index contributed by atoms with van der Waals surface area (Å²) in [4.78, 5) is 38.5. The molecular weight excluding hydrogens is 560 g/mol. The van der Waals surface area contributed by atoms with Crippen LogP contribution in [0.2, 0.25) is 0 Å². The van der Waals surface area contributed by atoms with Gasteiger partial charge < -0.3 is 14.2 Å². The first-order chi connectivity index (χ1) is 20.7. The summed E-state index contributed by atoms with van der Waals surface area (Å²) in [5.74, 6) is -1.12. The van der Waals surface area contributed by atoms with Crippen LogP contribution in [-0.4, -0.2) is 37.8 Å². The van der Waals surface area contributed by atoms with Gasteiger partial charge in [-0.2, -0.15) is 0 Å². The molecule has 43 heavy (non-hydrogen) atoms. The van der Waals surface area contributed by atoms with Gasteiger partial charge in [0.1, 0.15) is 17.1 Å². The van der Waals surface area contributed by atoms with Crippen molar-refractivity contribution in [2.24, 2.45) is 0 Å². The van der Waals surface area contributed by atoms with E-state index in [-0.39, 0.29) is 17.0 Å². The number of unbranched alkanes of at least 4 members (excludes halogenated alkanes) is 2. The number of aliphatic hydroxyl groups is 1. The molecule has 3 aromatic heterocycles. The standard InChI is InChI=1S/C34H34N4O4S/c1-6-7-8-16-42-24-13-11-23(12-14-24)29-26(30(39)28-22(5)37-15-9-10-20(3)32(37)35-28)31(40)33(41)38(29)34-36-27-21(4)17-19(2)18-25(27)43-34/h9-15,17-18,29,39H,6-8,16H2,1-5H3/b30-26+. The van der Waals surface area contributed by atoms with E-state index >= 15 is 0 Å². The molecule has 220 valence electrons. The van der Waals surface area contributed by atoms with Crippen molar-refractivity contribution in [2.45, 2.75) is 59.9 Å². The fraction of sp³-hybridized carbons (Fsp3) is 0.294. The molecule has 5 aromatic rings. The Hall–Kier alpha value is -4.50. The van der Waals surface area contributed by atoms with Crippen LogP contribution in [0.4, 0.5) is 5.13 Å². The number of aliphatic hydroxyl groups excluding tert-OH is 1. The molecule has 1 unspecified atom stereocenters. The molecular formula is C34H34N4O4S. The number of imidazole rings is 1. The zero-order valence-corrected chi connectivity index (χ0v) is 25.8. The molecule has 0 bridgehead atoms. The Morgan fingerprint density at radius 2 is 1.77 bits per heavy atom. The number of thiazole rings is 1. The number of fused-ring (bicyclic) bond motifs is 2. The molecule has 1 fully saturated rings. The first kappa shape index (κ1) is 28.6. The van der Waals surface area contributed by atoms with Crippen molar-refractivity contribution in [1.82, 2.24) is 14.4 Å². The van der Waals surface area contributed by atoms with Crippen molar-refractivity contribution >= 4 is 49.8 Å². The lowest BCUT2D eigenvalue weighted by molar-refractivity contribution is -0.132. The molecule has 1 aliphatic rings. The number of amides is 1. The number of carbonyl (C=O) groups is 2. The van der Waals surface area contributed by atoms with Gasteiger partial charge in [0.25, 0.3) is 5.78 Å². The van der Waals surface area contributed by atoms with Gasteiger partial charge in [-0.05, 0) is 80.6 Å². The lowest BCUT2D eigenvalue weighted by atomic mass is 9.96. The number of pyridine rings is 1. The molecule has 8 nitrogen and oxygen atoms in total. The van der Waals surface area contributed by atoms with Crippen LogP contribution >= 0.6 is 11.3 Å². The van der Waals surface area contributed by atoms with Crippen molar-refractivity contribution in [3.8, 4) is 5.75 Å². The molecule has 4 heterocycles. The molecule has 0 aliphatic carbocycles. The number of aromatic nitrogens is 3. The first-order valence-electron chi connectivity index (χ1n) is 14.6. The second-order valence-electron chi connectivity index (χ2n) is 11.1. The fourth-order valence-corrected chi connectivity index (χ4v) is 6.94. The molecule has 1 atom stereocenters. The summed E-state index contributed by atoms with van der Waals surface area (Å²) in [6, 6.07) is 14.4. The molecule has 0 saturated carbocycles. The van der Waals surface area contributed by atoms with Gasteiger partial charge in [0, 0.05) is 6.20 Å². The number of nitrogens with zero attached hydrogens (tertiary/aromatic N) is 4. The predicted octanol–water partition coefficient (Wildman–Crippen LogP) is 7.37. The molecule has 2 aromatic carbocycles. The van der Waals surface area contributed by atoms with Crippen LogP contribution in [0.25, 0.3) is 21.6 Å². The minimum atomic E-state index is -0.901. The number of rotatable bonds is 8. The summed E-state index contributed by atoms with van der Waals surface area (Å²) in [5, 5.41) is 12.2. The predicted molar refractivity (Wildman–Crippen MR) is 170 cm³/mol. The van der Waals surface area contributed by atoms with Gasteiger partial charge in [0.15, 0.2) is 10.9 Å². The normalized spacial score (nSPS) is 16.6. The van der Waals surface area contributed by atoms with Crippen molar-refractivity contribution in [3.05, 3.63) is 93.9 Å². The average Bonchev–Trinajstić information content (AvgIpc) is 3.64. The summed E-state index contributed by atoms with van der Waals surface area (Å²) in [7, 11) is 0. The van der Waals surface area contributed by atoms with E-state index in [1.165, 1.54) is 16.2 Å². The Bertz CT molecular complexity index is 1920. The molecule has 1 amide bonds. The van der Waals surface area contributed by atoms with Crippen LogP contribution in [0.3, 0.4) is 0 Å². The van der Waals surface area contributed by atoms with Gasteiger partial charge in [0.05, 0.1) is 34.1 Å². The minimum absolute atomic E-state index is 0.0158. The van der Waals surface area contributed by atoms with Crippen molar-refractivity contribution in [1.29, 1.82) is 0 Å². The van der Waals surface area contributed by atoms with E-state index in [9.17, 15) is 14.7 Å². The highest BCUT2D eigenvalue weighted by Crippen LogP contribution is 2.45. The molecule has 1 aliphatic heterocycles. The van der Waals surface area contributed by atoms with Gasteiger partial charge in [-0.3, -0.25) is 14.5 Å². The van der Waals surface area contributed by atoms with Gasteiger partial charge >= 0.3 is 5.91 Å². The number of hydrogen-bond acceptors (Lipinski definition) is 7. The van der Waals surface area contributed by atoms with Crippen LogP contribution in [0.5, 0.6) is 5.75 Å². The van der Waals surface area contributed by atoms with E-state index in [1.54, 1.807) is 0 Å². The molecule has 1 saturated heterocycles. The van der Waals surface area contributed by atoms with Gasteiger partial charge in [-0.15, -0.1) is 0 Å². The quantitative estimate of drug-likeness (QED) is 0.0872.